The number of nitrogens with zero attached hydrogens (tertiary/aromatic N) is 3. The van der Waals surface area contributed by atoms with Crippen molar-refractivity contribution >= 4 is 17.4 Å². The third kappa shape index (κ3) is 1.64. The van der Waals surface area contributed by atoms with Crippen molar-refractivity contribution in [2.75, 3.05) is 12.4 Å². The van der Waals surface area contributed by atoms with Gasteiger partial charge in [-0.1, -0.05) is 0 Å². The summed E-state index contributed by atoms with van der Waals surface area (Å²) in [6, 6.07) is 3.46. The Morgan fingerprint density at radius 2 is 2.43 bits per heavy atom. The second-order valence-corrected chi connectivity index (χ2v) is 3.66. The van der Waals surface area contributed by atoms with Crippen LogP contribution in [0.25, 0.3) is 5.65 Å². The molecule has 0 amide bonds. The number of rotatable bonds is 3. The minimum atomic E-state index is -0.355. The number of aromatic amines is 1. The first-order chi connectivity index (χ1) is 6.81. The Labute approximate surface area is 83.0 Å². The summed E-state index contributed by atoms with van der Waals surface area (Å²) in [4.78, 5) is 11.1. The number of H-pyrrole nitrogens is 1. The highest BCUT2D eigenvalue weighted by Crippen LogP contribution is 2.13. The number of aromatic nitrogens is 4. The maximum atomic E-state index is 11.1. The molecule has 0 unspecified atom stereocenters. The van der Waals surface area contributed by atoms with Crippen molar-refractivity contribution in [3.63, 3.8) is 0 Å². The number of aliphatic hydroxyl groups excluding tert-OH is 1. The van der Waals surface area contributed by atoms with Crippen LogP contribution in [0.3, 0.4) is 0 Å². The van der Waals surface area contributed by atoms with Crippen LogP contribution in [-0.2, 0) is 0 Å². The Balaban J connectivity index is 2.39. The quantitative estimate of drug-likeness (QED) is 0.670. The molecule has 7 heteroatoms. The zero-order valence-electron chi connectivity index (χ0n) is 7.17. The maximum Gasteiger partial charge on any atom is 0.364 e. The molecule has 0 spiro atoms. The molecule has 0 aliphatic carbocycles. The molecule has 74 valence electrons. The molecule has 6 nitrogen and oxygen atoms in total. The molecule has 0 fully saturated rings. The van der Waals surface area contributed by atoms with E-state index in [9.17, 15) is 4.79 Å². The molecule has 2 heterocycles. The van der Waals surface area contributed by atoms with Crippen LogP contribution in [0, 0.1) is 0 Å². The topological polar surface area (TPSA) is 83.3 Å². The van der Waals surface area contributed by atoms with Crippen LogP contribution >= 0.6 is 11.8 Å². The monoisotopic (exact) mass is 212 g/mol. The minimum absolute atomic E-state index is 0.0880. The summed E-state index contributed by atoms with van der Waals surface area (Å²) < 4.78 is 1.19. The highest BCUT2D eigenvalue weighted by atomic mass is 32.2. The van der Waals surface area contributed by atoms with Gasteiger partial charge in [-0.15, -0.1) is 11.8 Å². The first-order valence-corrected chi connectivity index (χ1v) is 4.98. The van der Waals surface area contributed by atoms with E-state index in [0.717, 1.165) is 0 Å². The number of hydrogen-bond acceptors (Lipinski definition) is 5. The highest BCUT2D eigenvalue weighted by molar-refractivity contribution is 7.99. The molecule has 2 aromatic heterocycles. The minimum Gasteiger partial charge on any atom is -0.396 e. The molecular formula is C7H8N4O2S. The van der Waals surface area contributed by atoms with E-state index in [1.54, 1.807) is 12.1 Å². The average molecular weight is 212 g/mol. The number of hydrogen-bond donors (Lipinski definition) is 2. The molecule has 0 radical (unpaired) electrons. The van der Waals surface area contributed by atoms with Gasteiger partial charge in [0.05, 0.1) is 6.61 Å². The van der Waals surface area contributed by atoms with E-state index in [2.05, 4.69) is 15.3 Å². The van der Waals surface area contributed by atoms with Crippen molar-refractivity contribution in [1.29, 1.82) is 0 Å². The van der Waals surface area contributed by atoms with Gasteiger partial charge in [-0.05, 0) is 12.1 Å². The van der Waals surface area contributed by atoms with E-state index in [0.29, 0.717) is 16.4 Å². The fourth-order valence-electron chi connectivity index (χ4n) is 1.01. The van der Waals surface area contributed by atoms with Crippen LogP contribution < -0.4 is 5.69 Å². The third-order valence-corrected chi connectivity index (χ3v) is 2.49. The van der Waals surface area contributed by atoms with Crippen LogP contribution in [0.4, 0.5) is 0 Å². The van der Waals surface area contributed by atoms with Crippen molar-refractivity contribution in [2.24, 2.45) is 0 Å². The van der Waals surface area contributed by atoms with Crippen molar-refractivity contribution in [2.45, 2.75) is 5.03 Å². The van der Waals surface area contributed by atoms with Gasteiger partial charge in [-0.25, -0.2) is 9.89 Å². The molecule has 0 aliphatic heterocycles. The van der Waals surface area contributed by atoms with E-state index in [-0.39, 0.29) is 12.3 Å². The van der Waals surface area contributed by atoms with Gasteiger partial charge in [0.2, 0.25) is 0 Å². The standard InChI is InChI=1S/C7H8N4O2S/c12-3-4-14-6-2-1-5-8-9-7(13)11(5)10-6/h1-2,12H,3-4H2,(H,9,13). The second kappa shape index (κ2) is 3.81. The molecule has 0 saturated heterocycles. The fraction of sp³-hybridized carbons (Fsp3) is 0.286. The Morgan fingerprint density at radius 1 is 1.57 bits per heavy atom. The number of nitrogens with one attached hydrogen (secondary N) is 1. The maximum absolute atomic E-state index is 11.1. The lowest BCUT2D eigenvalue weighted by atomic mass is 10.6. The van der Waals surface area contributed by atoms with Gasteiger partial charge in [0, 0.05) is 5.75 Å². The van der Waals surface area contributed by atoms with E-state index in [1.807, 2.05) is 0 Å². The summed E-state index contributed by atoms with van der Waals surface area (Å²) in [7, 11) is 0. The Kier molecular flexibility index (Phi) is 2.51. The number of thioether (sulfide) groups is 1. The van der Waals surface area contributed by atoms with Crippen LogP contribution in [0.5, 0.6) is 0 Å². The first-order valence-electron chi connectivity index (χ1n) is 3.99. The molecule has 0 bridgehead atoms. The van der Waals surface area contributed by atoms with Crippen LogP contribution in [0.15, 0.2) is 22.0 Å². The molecule has 2 rings (SSSR count). The van der Waals surface area contributed by atoms with Crippen molar-refractivity contribution in [3.05, 3.63) is 22.6 Å². The summed E-state index contributed by atoms with van der Waals surface area (Å²) in [5.74, 6) is 0.561. The van der Waals surface area contributed by atoms with Gasteiger partial charge in [-0.3, -0.25) is 0 Å². The van der Waals surface area contributed by atoms with Crippen molar-refractivity contribution in [3.8, 4) is 0 Å². The Bertz CT molecular complexity index is 492. The van der Waals surface area contributed by atoms with E-state index in [4.69, 9.17) is 5.11 Å². The van der Waals surface area contributed by atoms with Gasteiger partial charge in [-0.2, -0.15) is 14.7 Å². The van der Waals surface area contributed by atoms with Crippen molar-refractivity contribution < 1.29 is 5.11 Å². The molecule has 0 atom stereocenters. The van der Waals surface area contributed by atoms with Gasteiger partial charge in [0.25, 0.3) is 0 Å². The van der Waals surface area contributed by atoms with Gasteiger partial charge in [0.1, 0.15) is 5.03 Å². The van der Waals surface area contributed by atoms with E-state index < -0.39 is 0 Å². The number of fused-ring (bicyclic) bond motifs is 1. The summed E-state index contributed by atoms with van der Waals surface area (Å²) in [5, 5.41) is 19.4. The van der Waals surface area contributed by atoms with Crippen LogP contribution in [-0.4, -0.2) is 37.3 Å². The Hall–Kier alpha value is -1.34. The lowest BCUT2D eigenvalue weighted by molar-refractivity contribution is 0.322. The molecule has 2 N–H and O–H groups in total. The van der Waals surface area contributed by atoms with Gasteiger partial charge < -0.3 is 5.11 Å². The molecule has 14 heavy (non-hydrogen) atoms. The molecule has 0 aliphatic rings. The third-order valence-electron chi connectivity index (χ3n) is 1.59. The van der Waals surface area contributed by atoms with Gasteiger partial charge in [0.15, 0.2) is 5.65 Å². The van der Waals surface area contributed by atoms with E-state index in [1.165, 1.54) is 16.3 Å². The highest BCUT2D eigenvalue weighted by Gasteiger charge is 2.02. The normalized spacial score (nSPS) is 10.9. The summed E-state index contributed by atoms with van der Waals surface area (Å²) in [5.41, 5.74) is 0.134. The largest absolute Gasteiger partial charge is 0.396 e. The van der Waals surface area contributed by atoms with Gasteiger partial charge >= 0.3 is 5.69 Å². The summed E-state index contributed by atoms with van der Waals surface area (Å²) >= 11 is 1.38. The average Bonchev–Trinajstić information content (AvgIpc) is 2.57. The molecule has 0 saturated carbocycles. The lowest BCUT2D eigenvalue weighted by Gasteiger charge is -1.97. The number of aliphatic hydroxyl groups is 1. The SMILES string of the molecule is O=c1[nH]nc2ccc(SCCO)nn12. The molecular weight excluding hydrogens is 204 g/mol. The second-order valence-electron chi connectivity index (χ2n) is 2.54. The Morgan fingerprint density at radius 3 is 3.21 bits per heavy atom. The molecule has 0 aromatic carbocycles. The lowest BCUT2D eigenvalue weighted by Crippen LogP contribution is -2.12. The van der Waals surface area contributed by atoms with Crippen molar-refractivity contribution in [1.82, 2.24) is 19.8 Å². The van der Waals surface area contributed by atoms with E-state index >= 15 is 0 Å². The first kappa shape index (κ1) is 9.22. The zero-order valence-corrected chi connectivity index (χ0v) is 7.99. The zero-order chi connectivity index (χ0) is 9.97. The van der Waals surface area contributed by atoms with Crippen LogP contribution in [0.1, 0.15) is 0 Å². The summed E-state index contributed by atoms with van der Waals surface area (Å²) in [6.07, 6.45) is 0. The predicted octanol–water partition coefficient (Wildman–Crippen LogP) is -0.498. The van der Waals surface area contributed by atoms with Crippen LogP contribution in [0.2, 0.25) is 0 Å². The smallest absolute Gasteiger partial charge is 0.364 e. The molecule has 2 aromatic rings. The summed E-state index contributed by atoms with van der Waals surface area (Å²) in [6.45, 7) is 0.0880. The predicted molar refractivity (Wildman–Crippen MR) is 51.4 cm³/mol. The fourth-order valence-corrected chi connectivity index (χ4v) is 1.62.